The fourth-order valence-electron chi connectivity index (χ4n) is 6.23. The summed E-state index contributed by atoms with van der Waals surface area (Å²) in [5, 5.41) is 10.8. The van der Waals surface area contributed by atoms with E-state index in [4.69, 9.17) is 27.8 Å². The summed E-state index contributed by atoms with van der Waals surface area (Å²) in [7, 11) is 0. The lowest BCUT2D eigenvalue weighted by atomic mass is 9.96. The SMILES string of the molecule is CC(C)(COc1ccc(C(=O)c2ccc(OCC(C)(C)COc3ccc(-c4nc5ccccc5o4)cc3)cc2O)cc1)COc1ccc(-c2nc3ccccc3o2)cc1. The van der Waals surface area contributed by atoms with E-state index in [0.717, 1.165) is 39.1 Å². The number of oxazole rings is 2. The number of benzene rings is 6. The largest absolute Gasteiger partial charge is 0.507 e. The Hall–Kier alpha value is -7.07. The molecule has 0 atom stereocenters. The molecule has 0 fully saturated rings. The van der Waals surface area contributed by atoms with Crippen LogP contribution in [0.4, 0.5) is 0 Å². The molecule has 2 aromatic heterocycles. The Labute approximate surface area is 342 Å². The average molecular weight is 789 g/mol. The molecular formula is C49H44N2O8. The lowest BCUT2D eigenvalue weighted by molar-refractivity contribution is 0.103. The Morgan fingerprint density at radius 2 is 0.915 bits per heavy atom. The summed E-state index contributed by atoms with van der Waals surface area (Å²) < 4.78 is 36.0. The number of phenols is 1. The molecule has 0 bridgehead atoms. The molecule has 0 saturated heterocycles. The number of nitrogens with zero attached hydrogens (tertiary/aromatic N) is 2. The van der Waals surface area contributed by atoms with Gasteiger partial charge in [0.25, 0.3) is 0 Å². The molecule has 10 nitrogen and oxygen atoms in total. The number of hydrogen-bond donors (Lipinski definition) is 1. The van der Waals surface area contributed by atoms with Crippen molar-refractivity contribution in [3.63, 3.8) is 0 Å². The summed E-state index contributed by atoms with van der Waals surface area (Å²) >= 11 is 0. The fourth-order valence-corrected chi connectivity index (χ4v) is 6.23. The second kappa shape index (κ2) is 16.4. The first-order chi connectivity index (χ1) is 28.5. The molecule has 0 spiro atoms. The van der Waals surface area contributed by atoms with Crippen LogP contribution in [-0.2, 0) is 0 Å². The van der Waals surface area contributed by atoms with Crippen molar-refractivity contribution in [2.45, 2.75) is 27.7 Å². The van der Waals surface area contributed by atoms with Gasteiger partial charge < -0.3 is 32.9 Å². The smallest absolute Gasteiger partial charge is 0.227 e. The first-order valence-corrected chi connectivity index (χ1v) is 19.4. The maximum Gasteiger partial charge on any atom is 0.227 e. The van der Waals surface area contributed by atoms with E-state index in [1.54, 1.807) is 36.4 Å². The summed E-state index contributed by atoms with van der Waals surface area (Å²) in [5.74, 6) is 3.16. The molecule has 0 aliphatic heterocycles. The number of carbonyl (C=O) groups excluding carboxylic acids is 1. The van der Waals surface area contributed by atoms with Gasteiger partial charge in [-0.2, -0.15) is 0 Å². The van der Waals surface area contributed by atoms with Crippen molar-refractivity contribution >= 4 is 28.0 Å². The second-order valence-electron chi connectivity index (χ2n) is 16.0. The standard InChI is InChI=1S/C49H44N2O8/c1-48(2,29-55-36-21-15-33(16-22-36)46-50-40-9-5-7-11-43(40)58-46)28-54-35-19-13-32(14-20-35)45(53)39-26-25-38(27-42(39)52)57-31-49(3,4)30-56-37-23-17-34(18-24-37)47-51-41-10-6-8-12-44(41)59-47/h5-27,52H,28-31H2,1-4H3. The van der Waals surface area contributed by atoms with E-state index < -0.39 is 0 Å². The predicted molar refractivity (Wildman–Crippen MR) is 226 cm³/mol. The number of phenolic OH excluding ortho intramolecular Hbond substituents is 1. The van der Waals surface area contributed by atoms with E-state index in [-0.39, 0.29) is 27.9 Å². The van der Waals surface area contributed by atoms with Crippen molar-refractivity contribution in [2.24, 2.45) is 10.8 Å². The third kappa shape index (κ3) is 9.39. The number of ketones is 1. The van der Waals surface area contributed by atoms with E-state index in [0.29, 0.717) is 61.0 Å². The van der Waals surface area contributed by atoms with Crippen LogP contribution < -0.4 is 18.9 Å². The van der Waals surface area contributed by atoms with Crippen LogP contribution in [0.1, 0.15) is 43.6 Å². The number of fused-ring (bicyclic) bond motifs is 2. The quantitative estimate of drug-likeness (QED) is 0.0945. The van der Waals surface area contributed by atoms with Crippen LogP contribution in [0.5, 0.6) is 28.7 Å². The van der Waals surface area contributed by atoms with Gasteiger partial charge in [-0.3, -0.25) is 4.79 Å². The first kappa shape index (κ1) is 38.8. The van der Waals surface area contributed by atoms with Gasteiger partial charge in [-0.15, -0.1) is 0 Å². The van der Waals surface area contributed by atoms with Crippen molar-refractivity contribution in [3.05, 3.63) is 151 Å². The number of rotatable bonds is 16. The lowest BCUT2D eigenvalue weighted by Crippen LogP contribution is -2.28. The Kier molecular flexibility index (Phi) is 10.8. The predicted octanol–water partition coefficient (Wildman–Crippen LogP) is 11.2. The molecule has 2 heterocycles. The zero-order valence-corrected chi connectivity index (χ0v) is 33.3. The zero-order chi connectivity index (χ0) is 41.0. The van der Waals surface area contributed by atoms with E-state index in [2.05, 4.69) is 23.8 Å². The molecule has 0 aliphatic carbocycles. The van der Waals surface area contributed by atoms with Crippen LogP contribution in [0.2, 0.25) is 0 Å². The zero-order valence-electron chi connectivity index (χ0n) is 33.3. The summed E-state index contributed by atoms with van der Waals surface area (Å²) in [6, 6.07) is 42.2. The van der Waals surface area contributed by atoms with Crippen LogP contribution in [0, 0.1) is 10.8 Å². The molecule has 0 unspecified atom stereocenters. The molecule has 10 heteroatoms. The Balaban J connectivity index is 0.785. The van der Waals surface area contributed by atoms with Crippen molar-refractivity contribution in [2.75, 3.05) is 26.4 Å². The highest BCUT2D eigenvalue weighted by Gasteiger charge is 2.23. The van der Waals surface area contributed by atoms with Crippen molar-refractivity contribution in [3.8, 4) is 51.7 Å². The Morgan fingerprint density at radius 3 is 1.34 bits per heavy atom. The molecule has 1 N–H and O–H groups in total. The highest BCUT2D eigenvalue weighted by molar-refractivity contribution is 6.10. The van der Waals surface area contributed by atoms with Gasteiger partial charge in [-0.25, -0.2) is 9.97 Å². The van der Waals surface area contributed by atoms with Crippen molar-refractivity contribution < 1.29 is 37.7 Å². The van der Waals surface area contributed by atoms with Crippen LogP contribution in [0.3, 0.4) is 0 Å². The first-order valence-electron chi connectivity index (χ1n) is 19.4. The van der Waals surface area contributed by atoms with Gasteiger partial charge >= 0.3 is 0 Å². The Bertz CT molecular complexity index is 2630. The van der Waals surface area contributed by atoms with E-state index >= 15 is 0 Å². The topological polar surface area (TPSA) is 126 Å². The normalized spacial score (nSPS) is 11.8. The van der Waals surface area contributed by atoms with Gasteiger partial charge in [0.2, 0.25) is 11.8 Å². The monoisotopic (exact) mass is 788 g/mol. The molecule has 8 rings (SSSR count). The molecular weight excluding hydrogens is 745 g/mol. The van der Waals surface area contributed by atoms with Crippen molar-refractivity contribution in [1.29, 1.82) is 0 Å². The Morgan fingerprint density at radius 1 is 0.525 bits per heavy atom. The maximum atomic E-state index is 13.4. The minimum atomic E-state index is -0.364. The van der Waals surface area contributed by atoms with Crippen LogP contribution in [0.25, 0.3) is 45.1 Å². The summed E-state index contributed by atoms with van der Waals surface area (Å²) in [5.41, 5.74) is 4.78. The summed E-state index contributed by atoms with van der Waals surface area (Å²) in [6.45, 7) is 9.71. The number of aromatic hydroxyl groups is 1. The van der Waals surface area contributed by atoms with E-state index in [1.807, 2.05) is 111 Å². The van der Waals surface area contributed by atoms with E-state index in [1.165, 1.54) is 6.07 Å². The van der Waals surface area contributed by atoms with Gasteiger partial charge in [-0.1, -0.05) is 52.0 Å². The average Bonchev–Trinajstić information content (AvgIpc) is 3.89. The molecule has 8 aromatic rings. The molecule has 59 heavy (non-hydrogen) atoms. The highest BCUT2D eigenvalue weighted by atomic mass is 16.5. The second-order valence-corrected chi connectivity index (χ2v) is 16.0. The summed E-state index contributed by atoms with van der Waals surface area (Å²) in [4.78, 5) is 22.5. The van der Waals surface area contributed by atoms with E-state index in [9.17, 15) is 9.90 Å². The molecule has 0 amide bonds. The molecule has 0 radical (unpaired) electrons. The third-order valence-electron chi connectivity index (χ3n) is 9.64. The molecule has 298 valence electrons. The van der Waals surface area contributed by atoms with Crippen LogP contribution >= 0.6 is 0 Å². The molecule has 6 aromatic carbocycles. The number of carbonyl (C=O) groups is 1. The van der Waals surface area contributed by atoms with Gasteiger partial charge in [0.1, 0.15) is 39.8 Å². The summed E-state index contributed by atoms with van der Waals surface area (Å²) in [6.07, 6.45) is 0. The van der Waals surface area contributed by atoms with Crippen molar-refractivity contribution in [1.82, 2.24) is 9.97 Å². The van der Waals surface area contributed by atoms with Crippen LogP contribution in [-0.4, -0.2) is 47.3 Å². The molecule has 0 aliphatic rings. The fraction of sp³-hybridized carbons (Fsp3) is 0.204. The molecule has 0 saturated carbocycles. The number of aromatic nitrogens is 2. The van der Waals surface area contributed by atoms with Gasteiger partial charge in [-0.05, 0) is 109 Å². The minimum absolute atomic E-state index is 0.163. The minimum Gasteiger partial charge on any atom is -0.507 e. The number of hydrogen-bond acceptors (Lipinski definition) is 10. The third-order valence-corrected chi connectivity index (χ3v) is 9.64. The van der Waals surface area contributed by atoms with Gasteiger partial charge in [0, 0.05) is 33.6 Å². The maximum absolute atomic E-state index is 13.4. The van der Waals surface area contributed by atoms with Gasteiger partial charge in [0.05, 0.1) is 32.0 Å². The van der Waals surface area contributed by atoms with Gasteiger partial charge in [0.15, 0.2) is 16.9 Å². The van der Waals surface area contributed by atoms with Crippen LogP contribution in [0.15, 0.2) is 148 Å². The number of ether oxygens (including phenoxy) is 4. The number of para-hydroxylation sites is 4. The highest BCUT2D eigenvalue weighted by Crippen LogP contribution is 2.31. The lowest BCUT2D eigenvalue weighted by Gasteiger charge is -2.25.